The molecule has 6 nitrogen and oxygen atoms in total. The van der Waals surface area contributed by atoms with E-state index < -0.39 is 6.04 Å². The fraction of sp³-hybridized carbons (Fsp3) is 0.318. The normalized spacial score (nSPS) is 13.8. The summed E-state index contributed by atoms with van der Waals surface area (Å²) in [5.41, 5.74) is 3.19. The van der Waals surface area contributed by atoms with E-state index in [1.54, 1.807) is 18.0 Å². The molecule has 3 rings (SSSR count). The van der Waals surface area contributed by atoms with Gasteiger partial charge in [-0.25, -0.2) is 0 Å². The second-order valence-corrected chi connectivity index (χ2v) is 6.83. The first kappa shape index (κ1) is 19.6. The molecule has 1 aliphatic heterocycles. The molecule has 1 unspecified atom stereocenters. The van der Waals surface area contributed by atoms with Crippen LogP contribution in [0.15, 0.2) is 48.5 Å². The second-order valence-electron chi connectivity index (χ2n) is 6.83. The summed E-state index contributed by atoms with van der Waals surface area (Å²) in [5.74, 6) is -0.366. The molecule has 146 valence electrons. The Morgan fingerprint density at radius 3 is 2.54 bits per heavy atom. The molecule has 28 heavy (non-hydrogen) atoms. The van der Waals surface area contributed by atoms with E-state index in [1.807, 2.05) is 49.4 Å². The molecular weight excluding hydrogens is 354 g/mol. The van der Waals surface area contributed by atoms with Gasteiger partial charge in [-0.05, 0) is 36.1 Å². The highest BCUT2D eigenvalue weighted by molar-refractivity contribution is 6.03. The minimum absolute atomic E-state index is 0.0482. The van der Waals surface area contributed by atoms with E-state index in [-0.39, 0.29) is 17.7 Å². The lowest BCUT2D eigenvalue weighted by atomic mass is 10.1. The van der Waals surface area contributed by atoms with Gasteiger partial charge in [-0.15, -0.1) is 0 Å². The van der Waals surface area contributed by atoms with E-state index >= 15 is 0 Å². The minimum Gasteiger partial charge on any atom is -0.359 e. The number of rotatable bonds is 7. The van der Waals surface area contributed by atoms with Crippen LogP contribution in [0.25, 0.3) is 0 Å². The Hall–Kier alpha value is -3.15. The Morgan fingerprint density at radius 1 is 1.11 bits per heavy atom. The third kappa shape index (κ3) is 4.06. The van der Waals surface area contributed by atoms with Crippen LogP contribution in [0.5, 0.6) is 0 Å². The lowest BCUT2D eigenvalue weighted by Crippen LogP contribution is -2.44. The number of nitrogens with zero attached hydrogens (tertiary/aromatic N) is 1. The van der Waals surface area contributed by atoms with Crippen LogP contribution in [-0.4, -0.2) is 35.7 Å². The van der Waals surface area contributed by atoms with Crippen LogP contribution in [0, 0.1) is 0 Å². The predicted molar refractivity (Wildman–Crippen MR) is 108 cm³/mol. The molecule has 0 fully saturated rings. The van der Waals surface area contributed by atoms with Gasteiger partial charge < -0.3 is 15.5 Å². The maximum absolute atomic E-state index is 13.0. The van der Waals surface area contributed by atoms with Crippen LogP contribution < -0.4 is 10.6 Å². The highest BCUT2D eigenvalue weighted by Crippen LogP contribution is 2.26. The van der Waals surface area contributed by atoms with Gasteiger partial charge in [0, 0.05) is 31.3 Å². The van der Waals surface area contributed by atoms with E-state index in [0.29, 0.717) is 37.1 Å². The summed E-state index contributed by atoms with van der Waals surface area (Å²) in [5, 5.41) is 5.57. The first-order valence-electron chi connectivity index (χ1n) is 9.53. The van der Waals surface area contributed by atoms with Crippen molar-refractivity contribution in [2.75, 3.05) is 12.4 Å². The summed E-state index contributed by atoms with van der Waals surface area (Å²) in [6, 6.07) is 14.4. The second kappa shape index (κ2) is 8.69. The van der Waals surface area contributed by atoms with Crippen molar-refractivity contribution in [3.8, 4) is 0 Å². The highest BCUT2D eigenvalue weighted by Gasteiger charge is 2.35. The molecule has 2 aromatic rings. The number of amides is 3. The number of benzene rings is 2. The molecule has 6 heteroatoms. The molecule has 1 heterocycles. The topological polar surface area (TPSA) is 78.5 Å². The average molecular weight is 379 g/mol. The number of aryl methyl sites for hydroxylation is 1. The quantitative estimate of drug-likeness (QED) is 0.776. The fourth-order valence-corrected chi connectivity index (χ4v) is 3.53. The largest absolute Gasteiger partial charge is 0.359 e. The Balaban J connectivity index is 1.74. The third-order valence-electron chi connectivity index (χ3n) is 5.09. The average Bonchev–Trinajstić information content (AvgIpc) is 3.04. The number of nitrogens with one attached hydrogen (secondary N) is 2. The van der Waals surface area contributed by atoms with E-state index in [0.717, 1.165) is 11.1 Å². The zero-order valence-corrected chi connectivity index (χ0v) is 16.2. The molecule has 1 atom stereocenters. The lowest BCUT2D eigenvalue weighted by Gasteiger charge is -2.26. The van der Waals surface area contributed by atoms with Gasteiger partial charge in [-0.1, -0.05) is 43.3 Å². The zero-order chi connectivity index (χ0) is 20.1. The van der Waals surface area contributed by atoms with Crippen molar-refractivity contribution in [1.82, 2.24) is 10.2 Å². The van der Waals surface area contributed by atoms with Crippen molar-refractivity contribution in [2.24, 2.45) is 0 Å². The third-order valence-corrected chi connectivity index (χ3v) is 5.09. The van der Waals surface area contributed by atoms with Crippen molar-refractivity contribution in [3.63, 3.8) is 0 Å². The summed E-state index contributed by atoms with van der Waals surface area (Å²) >= 11 is 0. The van der Waals surface area contributed by atoms with Crippen LogP contribution in [0.3, 0.4) is 0 Å². The van der Waals surface area contributed by atoms with Crippen molar-refractivity contribution < 1.29 is 14.4 Å². The monoisotopic (exact) mass is 379 g/mol. The SMILES string of the molecule is CCC(C(=O)Nc1ccccc1CCC(=O)NC)N1Cc2ccccc2C1=O. The van der Waals surface area contributed by atoms with Crippen molar-refractivity contribution in [1.29, 1.82) is 0 Å². The van der Waals surface area contributed by atoms with Gasteiger partial charge in [0.05, 0.1) is 0 Å². The maximum Gasteiger partial charge on any atom is 0.255 e. The Bertz CT molecular complexity index is 894. The fourth-order valence-electron chi connectivity index (χ4n) is 3.53. The number of carbonyl (C=O) groups excluding carboxylic acids is 3. The summed E-state index contributed by atoms with van der Waals surface area (Å²) < 4.78 is 0. The van der Waals surface area contributed by atoms with Gasteiger partial charge in [0.2, 0.25) is 11.8 Å². The lowest BCUT2D eigenvalue weighted by molar-refractivity contribution is -0.121. The van der Waals surface area contributed by atoms with E-state index in [4.69, 9.17) is 0 Å². The van der Waals surface area contributed by atoms with Crippen LogP contribution in [0.2, 0.25) is 0 Å². The number of hydrogen-bond acceptors (Lipinski definition) is 3. The molecule has 0 aliphatic carbocycles. The number of para-hydroxylation sites is 1. The molecule has 2 N–H and O–H groups in total. The Morgan fingerprint density at radius 2 is 1.82 bits per heavy atom. The van der Waals surface area contributed by atoms with Crippen molar-refractivity contribution >= 4 is 23.4 Å². The molecule has 1 aliphatic rings. The van der Waals surface area contributed by atoms with Gasteiger partial charge in [0.15, 0.2) is 0 Å². The number of anilines is 1. The molecule has 3 amide bonds. The van der Waals surface area contributed by atoms with Gasteiger partial charge in [-0.3, -0.25) is 14.4 Å². The van der Waals surface area contributed by atoms with E-state index in [9.17, 15) is 14.4 Å². The molecule has 0 bridgehead atoms. The van der Waals surface area contributed by atoms with Crippen molar-refractivity contribution in [2.45, 2.75) is 38.8 Å². The molecule has 2 aromatic carbocycles. The molecule has 0 radical (unpaired) electrons. The summed E-state index contributed by atoms with van der Waals surface area (Å²) in [6.45, 7) is 2.34. The summed E-state index contributed by atoms with van der Waals surface area (Å²) in [7, 11) is 1.60. The molecular formula is C22H25N3O3. The highest BCUT2D eigenvalue weighted by atomic mass is 16.2. The minimum atomic E-state index is -0.549. The van der Waals surface area contributed by atoms with Gasteiger partial charge >= 0.3 is 0 Å². The van der Waals surface area contributed by atoms with Gasteiger partial charge in [0.1, 0.15) is 6.04 Å². The summed E-state index contributed by atoms with van der Waals surface area (Å²) in [6.07, 6.45) is 1.40. The predicted octanol–water partition coefficient (Wildman–Crippen LogP) is 2.74. The van der Waals surface area contributed by atoms with Gasteiger partial charge in [-0.2, -0.15) is 0 Å². The number of fused-ring (bicyclic) bond motifs is 1. The van der Waals surface area contributed by atoms with Crippen LogP contribution >= 0.6 is 0 Å². The molecule has 0 saturated carbocycles. The smallest absolute Gasteiger partial charge is 0.255 e. The van der Waals surface area contributed by atoms with E-state index in [1.165, 1.54) is 0 Å². The van der Waals surface area contributed by atoms with Gasteiger partial charge in [0.25, 0.3) is 5.91 Å². The molecule has 0 spiro atoms. The maximum atomic E-state index is 13.0. The van der Waals surface area contributed by atoms with Crippen LogP contribution in [0.4, 0.5) is 5.69 Å². The van der Waals surface area contributed by atoms with Crippen molar-refractivity contribution in [3.05, 3.63) is 65.2 Å². The molecule has 0 saturated heterocycles. The zero-order valence-electron chi connectivity index (χ0n) is 16.2. The van der Waals surface area contributed by atoms with E-state index in [2.05, 4.69) is 10.6 Å². The Labute approximate surface area is 164 Å². The summed E-state index contributed by atoms with van der Waals surface area (Å²) in [4.78, 5) is 38.9. The number of carbonyl (C=O) groups is 3. The van der Waals surface area contributed by atoms with Crippen LogP contribution in [-0.2, 0) is 22.6 Å². The first-order chi connectivity index (χ1) is 13.5. The Kier molecular flexibility index (Phi) is 6.09. The number of hydrogen-bond donors (Lipinski definition) is 2. The molecule has 0 aromatic heterocycles. The van der Waals surface area contributed by atoms with Crippen LogP contribution in [0.1, 0.15) is 41.3 Å². The standard InChI is InChI=1S/C22H25N3O3/c1-3-19(25-14-16-9-4-6-10-17(16)22(25)28)21(27)24-18-11-7-5-8-15(18)12-13-20(26)23-2/h4-11,19H,3,12-14H2,1-2H3,(H,23,26)(H,24,27). The first-order valence-corrected chi connectivity index (χ1v) is 9.53.